The third-order valence-corrected chi connectivity index (χ3v) is 4.52. The fourth-order valence-corrected chi connectivity index (χ4v) is 2.91. The molecule has 134 valence electrons. The van der Waals surface area contributed by atoms with Crippen molar-refractivity contribution in [1.82, 2.24) is 19.9 Å². The van der Waals surface area contributed by atoms with Gasteiger partial charge in [0.05, 0.1) is 25.2 Å². The number of anilines is 1. The number of methoxy groups -OCH3 is 1. The molecular formula is C19H21N5O2. The zero-order valence-electron chi connectivity index (χ0n) is 14.8. The van der Waals surface area contributed by atoms with Crippen molar-refractivity contribution in [2.45, 2.75) is 25.4 Å². The highest BCUT2D eigenvalue weighted by atomic mass is 16.5. The first-order valence-electron chi connectivity index (χ1n) is 8.63. The minimum atomic E-state index is -0.123. The molecule has 1 aliphatic carbocycles. The van der Waals surface area contributed by atoms with Crippen molar-refractivity contribution in [2.24, 2.45) is 0 Å². The van der Waals surface area contributed by atoms with Gasteiger partial charge in [0.1, 0.15) is 5.75 Å². The molecule has 0 radical (unpaired) electrons. The van der Waals surface area contributed by atoms with E-state index in [1.54, 1.807) is 24.0 Å². The number of imidazole rings is 1. The summed E-state index contributed by atoms with van der Waals surface area (Å²) in [6, 6.07) is 10.2. The molecule has 0 aliphatic heterocycles. The van der Waals surface area contributed by atoms with Gasteiger partial charge >= 0.3 is 0 Å². The minimum absolute atomic E-state index is 0.123. The Labute approximate surface area is 151 Å². The van der Waals surface area contributed by atoms with Crippen molar-refractivity contribution < 1.29 is 9.53 Å². The molecule has 7 nitrogen and oxygen atoms in total. The zero-order chi connectivity index (χ0) is 18.1. The Balaban J connectivity index is 1.58. The molecule has 0 saturated heterocycles. The molecule has 2 aromatic heterocycles. The van der Waals surface area contributed by atoms with Crippen LogP contribution >= 0.6 is 0 Å². The number of aromatic nitrogens is 3. The van der Waals surface area contributed by atoms with Crippen molar-refractivity contribution in [3.05, 3.63) is 54.0 Å². The third-order valence-electron chi connectivity index (χ3n) is 4.52. The van der Waals surface area contributed by atoms with Gasteiger partial charge in [0.15, 0.2) is 11.3 Å². The van der Waals surface area contributed by atoms with Crippen molar-refractivity contribution in [3.63, 3.8) is 0 Å². The average molecular weight is 351 g/mol. The summed E-state index contributed by atoms with van der Waals surface area (Å²) < 4.78 is 6.81. The standard InChI is InChI=1S/C19H21N5O2/c1-23(12-13-3-7-15(26-2)8-4-13)16-9-10-21-24-17(11-20-18(16)24)19(25)22-14-5-6-14/h3-4,7-11,14H,5-6,12H2,1-2H3,(H,22,25). The highest BCUT2D eigenvalue weighted by Crippen LogP contribution is 2.23. The predicted octanol–water partition coefficient (Wildman–Crippen LogP) is 2.27. The number of hydrogen-bond donors (Lipinski definition) is 1. The molecule has 26 heavy (non-hydrogen) atoms. The Morgan fingerprint density at radius 3 is 2.77 bits per heavy atom. The van der Waals surface area contributed by atoms with E-state index in [0.717, 1.165) is 29.8 Å². The number of carbonyl (C=O) groups excluding carboxylic acids is 1. The van der Waals surface area contributed by atoms with Crippen LogP contribution in [0, 0.1) is 0 Å². The summed E-state index contributed by atoms with van der Waals surface area (Å²) in [5.74, 6) is 0.713. The highest BCUT2D eigenvalue weighted by molar-refractivity contribution is 5.94. The summed E-state index contributed by atoms with van der Waals surface area (Å²) >= 11 is 0. The summed E-state index contributed by atoms with van der Waals surface area (Å²) in [4.78, 5) is 18.9. The maximum Gasteiger partial charge on any atom is 0.271 e. The Morgan fingerprint density at radius 2 is 2.08 bits per heavy atom. The molecule has 1 fully saturated rings. The van der Waals surface area contributed by atoms with Crippen molar-refractivity contribution in [1.29, 1.82) is 0 Å². The maximum absolute atomic E-state index is 12.4. The lowest BCUT2D eigenvalue weighted by molar-refractivity contribution is 0.0944. The summed E-state index contributed by atoms with van der Waals surface area (Å²) in [5, 5.41) is 7.30. The van der Waals surface area contributed by atoms with Gasteiger partial charge in [-0.1, -0.05) is 12.1 Å². The number of amides is 1. The van der Waals surface area contributed by atoms with Gasteiger partial charge < -0.3 is 15.0 Å². The highest BCUT2D eigenvalue weighted by Gasteiger charge is 2.26. The molecule has 0 atom stereocenters. The second kappa shape index (κ2) is 6.67. The molecule has 3 aromatic rings. The van der Waals surface area contributed by atoms with Crippen LogP contribution in [0.3, 0.4) is 0 Å². The monoisotopic (exact) mass is 351 g/mol. The van der Waals surface area contributed by atoms with Gasteiger partial charge in [-0.3, -0.25) is 4.79 Å². The van der Waals surface area contributed by atoms with E-state index in [-0.39, 0.29) is 5.91 Å². The zero-order valence-corrected chi connectivity index (χ0v) is 14.8. The van der Waals surface area contributed by atoms with E-state index in [1.165, 1.54) is 0 Å². The molecule has 1 aliphatic rings. The van der Waals surface area contributed by atoms with Crippen LogP contribution in [0.5, 0.6) is 5.75 Å². The molecule has 1 amide bonds. The van der Waals surface area contributed by atoms with Crippen molar-refractivity contribution in [2.75, 3.05) is 19.1 Å². The number of carbonyl (C=O) groups is 1. The van der Waals surface area contributed by atoms with Crippen molar-refractivity contribution in [3.8, 4) is 5.75 Å². The lowest BCUT2D eigenvalue weighted by Crippen LogP contribution is -2.27. The molecule has 2 heterocycles. The lowest BCUT2D eigenvalue weighted by Gasteiger charge is -2.20. The minimum Gasteiger partial charge on any atom is -0.497 e. The van der Waals surface area contributed by atoms with Crippen LogP contribution in [0.1, 0.15) is 28.9 Å². The Bertz CT molecular complexity index is 931. The molecule has 4 rings (SSSR count). The third kappa shape index (κ3) is 3.20. The number of nitrogens with one attached hydrogen (secondary N) is 1. The second-order valence-electron chi connectivity index (χ2n) is 6.55. The summed E-state index contributed by atoms with van der Waals surface area (Å²) in [6.07, 6.45) is 5.38. The number of fused-ring (bicyclic) bond motifs is 1. The molecule has 0 spiro atoms. The maximum atomic E-state index is 12.4. The Hall–Kier alpha value is -3.09. The van der Waals surface area contributed by atoms with Gasteiger partial charge in [0.25, 0.3) is 5.91 Å². The quantitative estimate of drug-likeness (QED) is 0.738. The number of rotatable bonds is 6. The normalized spacial score (nSPS) is 13.6. The number of nitrogens with zero attached hydrogens (tertiary/aromatic N) is 4. The van der Waals surface area contributed by atoms with Gasteiger partial charge in [-0.05, 0) is 36.6 Å². The van der Waals surface area contributed by atoms with Gasteiger partial charge in [0, 0.05) is 19.6 Å². The van der Waals surface area contributed by atoms with Gasteiger partial charge in [-0.2, -0.15) is 5.10 Å². The Kier molecular flexibility index (Phi) is 4.20. The average Bonchev–Trinajstić information content (AvgIpc) is 3.36. The van der Waals surface area contributed by atoms with Crippen LogP contribution in [0.4, 0.5) is 5.69 Å². The number of ether oxygens (including phenoxy) is 1. The summed E-state index contributed by atoms with van der Waals surface area (Å²) in [7, 11) is 3.66. The van der Waals surface area contributed by atoms with Crippen LogP contribution in [0.2, 0.25) is 0 Å². The van der Waals surface area contributed by atoms with Crippen LogP contribution < -0.4 is 15.0 Å². The first kappa shape index (κ1) is 16.4. The SMILES string of the molecule is COc1ccc(CN(C)c2ccnn3c(C(=O)NC4CC4)cnc23)cc1. The fourth-order valence-electron chi connectivity index (χ4n) is 2.91. The number of benzene rings is 1. The first-order valence-corrected chi connectivity index (χ1v) is 8.63. The lowest BCUT2D eigenvalue weighted by atomic mass is 10.2. The van der Waals surface area contributed by atoms with Gasteiger partial charge in [-0.25, -0.2) is 9.50 Å². The smallest absolute Gasteiger partial charge is 0.271 e. The largest absolute Gasteiger partial charge is 0.497 e. The Morgan fingerprint density at radius 1 is 1.31 bits per heavy atom. The molecule has 0 bridgehead atoms. The molecular weight excluding hydrogens is 330 g/mol. The van der Waals surface area contributed by atoms with Crippen LogP contribution in [-0.4, -0.2) is 40.7 Å². The molecule has 1 N–H and O–H groups in total. The van der Waals surface area contributed by atoms with Crippen LogP contribution in [0.25, 0.3) is 5.65 Å². The summed E-state index contributed by atoms with van der Waals surface area (Å²) in [6.45, 7) is 0.708. The number of hydrogen-bond acceptors (Lipinski definition) is 5. The molecule has 7 heteroatoms. The second-order valence-corrected chi connectivity index (χ2v) is 6.55. The van der Waals surface area contributed by atoms with Crippen LogP contribution in [0.15, 0.2) is 42.7 Å². The van der Waals surface area contributed by atoms with Crippen molar-refractivity contribution >= 4 is 17.2 Å². The fraction of sp³-hybridized carbons (Fsp3) is 0.316. The van der Waals surface area contributed by atoms with E-state index in [0.29, 0.717) is 23.9 Å². The van der Waals surface area contributed by atoms with E-state index in [2.05, 4.69) is 20.3 Å². The molecule has 1 saturated carbocycles. The predicted molar refractivity (Wildman–Crippen MR) is 98.6 cm³/mol. The molecule has 0 unspecified atom stereocenters. The van der Waals surface area contributed by atoms with E-state index in [4.69, 9.17) is 4.74 Å². The first-order chi connectivity index (χ1) is 12.7. The van der Waals surface area contributed by atoms with E-state index >= 15 is 0 Å². The van der Waals surface area contributed by atoms with E-state index < -0.39 is 0 Å². The van der Waals surface area contributed by atoms with Gasteiger partial charge in [-0.15, -0.1) is 0 Å². The van der Waals surface area contributed by atoms with E-state index in [9.17, 15) is 4.79 Å². The topological polar surface area (TPSA) is 71.8 Å². The molecule has 1 aromatic carbocycles. The van der Waals surface area contributed by atoms with Crippen LogP contribution in [-0.2, 0) is 6.54 Å². The van der Waals surface area contributed by atoms with E-state index in [1.807, 2.05) is 37.4 Å². The summed E-state index contributed by atoms with van der Waals surface area (Å²) in [5.41, 5.74) is 3.21. The van der Waals surface area contributed by atoms with Gasteiger partial charge in [0.2, 0.25) is 0 Å².